The second kappa shape index (κ2) is 9.79. The Morgan fingerprint density at radius 3 is 2.24 bits per heavy atom. The molecule has 4 aliphatic rings. The lowest BCUT2D eigenvalue weighted by molar-refractivity contribution is -0.193. The number of aliphatic hydroxyl groups is 4. The number of Topliss-reactive ketones (excluding diaryl/α,β-unsaturated/α-hetero) is 3. The van der Waals surface area contributed by atoms with Crippen molar-refractivity contribution >= 4 is 23.3 Å². The van der Waals surface area contributed by atoms with Gasteiger partial charge < -0.3 is 25.2 Å². The first-order valence-corrected chi connectivity index (χ1v) is 14.8. The van der Waals surface area contributed by atoms with Gasteiger partial charge in [0.05, 0.1) is 18.1 Å². The van der Waals surface area contributed by atoms with Gasteiger partial charge in [0, 0.05) is 31.1 Å². The molecule has 0 aromatic carbocycles. The van der Waals surface area contributed by atoms with Crippen molar-refractivity contribution in [1.82, 2.24) is 0 Å². The fraction of sp³-hybridized carbons (Fsp3) is 0.812. The number of hydrogen-bond acceptors (Lipinski definition) is 9. The second-order valence-electron chi connectivity index (χ2n) is 15.0. The largest absolute Gasteiger partial charge is 0.460 e. The number of aliphatic hydroxyl groups excluding tert-OH is 3. The van der Waals surface area contributed by atoms with E-state index in [4.69, 9.17) is 4.74 Å². The molecule has 230 valence electrons. The second-order valence-corrected chi connectivity index (χ2v) is 15.0. The van der Waals surface area contributed by atoms with Crippen LogP contribution in [0.15, 0.2) is 11.6 Å². The van der Waals surface area contributed by atoms with Crippen molar-refractivity contribution in [3.63, 3.8) is 0 Å². The maximum Gasteiger partial charge on any atom is 0.303 e. The quantitative estimate of drug-likeness (QED) is 0.264. The topological polar surface area (TPSA) is 158 Å². The van der Waals surface area contributed by atoms with Crippen LogP contribution in [0.1, 0.15) is 93.9 Å². The minimum atomic E-state index is -1.97. The summed E-state index contributed by atoms with van der Waals surface area (Å²) in [4.78, 5) is 52.3. The van der Waals surface area contributed by atoms with Gasteiger partial charge in [0.2, 0.25) is 0 Å². The first kappa shape index (κ1) is 32.0. The molecule has 4 N–H and O–H groups in total. The van der Waals surface area contributed by atoms with Gasteiger partial charge in [0.1, 0.15) is 23.1 Å². The van der Waals surface area contributed by atoms with E-state index < -0.39 is 81.2 Å². The van der Waals surface area contributed by atoms with Gasteiger partial charge in [-0.25, -0.2) is 0 Å². The number of esters is 1. The predicted molar refractivity (Wildman–Crippen MR) is 149 cm³/mol. The van der Waals surface area contributed by atoms with Crippen molar-refractivity contribution in [2.75, 3.05) is 6.61 Å². The molecule has 0 saturated heterocycles. The zero-order valence-electron chi connectivity index (χ0n) is 25.7. The van der Waals surface area contributed by atoms with Gasteiger partial charge in [-0.1, -0.05) is 25.5 Å². The lowest BCUT2D eigenvalue weighted by atomic mass is 9.38. The van der Waals surface area contributed by atoms with Gasteiger partial charge in [-0.2, -0.15) is 0 Å². The van der Waals surface area contributed by atoms with Crippen LogP contribution in [0.5, 0.6) is 0 Å². The number of ketones is 3. The Bertz CT molecular complexity index is 1180. The highest BCUT2D eigenvalue weighted by atomic mass is 16.6. The third-order valence-corrected chi connectivity index (χ3v) is 11.9. The van der Waals surface area contributed by atoms with E-state index in [0.29, 0.717) is 6.42 Å². The highest BCUT2D eigenvalue weighted by Gasteiger charge is 2.75. The summed E-state index contributed by atoms with van der Waals surface area (Å²) in [5, 5.41) is 45.1. The molecule has 41 heavy (non-hydrogen) atoms. The number of allylic oxidation sites excluding steroid dienone is 2. The summed E-state index contributed by atoms with van der Waals surface area (Å²) in [5.74, 6) is -3.43. The highest BCUT2D eigenvalue weighted by molar-refractivity contribution is 5.95. The molecule has 0 amide bonds. The van der Waals surface area contributed by atoms with Crippen LogP contribution in [0.25, 0.3) is 0 Å². The standard InChI is InChI=1S/C32H48O9/c1-17(34)41-27(2,3)12-11-23(37)31(8,40)25-21(36)14-29(6)22-10-9-18-19(13-20(35)26(39)28(18,4)5)32(22,16-33)24(38)15-30(25,29)7/h9,19-22,25,33,35-36,40H,10-16H2,1-8H3/t19-,20+,21-,22+,25+,29+,30-,31+,32+/m1/s1. The summed E-state index contributed by atoms with van der Waals surface area (Å²) in [6, 6.07) is 0. The minimum Gasteiger partial charge on any atom is -0.460 e. The van der Waals surface area contributed by atoms with Crippen LogP contribution in [-0.4, -0.2) is 73.8 Å². The summed E-state index contributed by atoms with van der Waals surface area (Å²) < 4.78 is 5.30. The van der Waals surface area contributed by atoms with Crippen LogP contribution in [0.4, 0.5) is 0 Å². The van der Waals surface area contributed by atoms with Crippen molar-refractivity contribution in [1.29, 1.82) is 0 Å². The van der Waals surface area contributed by atoms with E-state index in [1.54, 1.807) is 27.7 Å². The highest BCUT2D eigenvalue weighted by Crippen LogP contribution is 2.74. The summed E-state index contributed by atoms with van der Waals surface area (Å²) in [6.07, 6.45) is 0.323. The van der Waals surface area contributed by atoms with Gasteiger partial charge in [0.25, 0.3) is 0 Å². The number of ether oxygens (including phenoxy) is 1. The molecule has 0 radical (unpaired) electrons. The Morgan fingerprint density at radius 1 is 1.07 bits per heavy atom. The molecule has 4 aliphatic carbocycles. The van der Waals surface area contributed by atoms with Crippen LogP contribution < -0.4 is 0 Å². The number of hydrogen-bond donors (Lipinski definition) is 4. The molecule has 9 atom stereocenters. The fourth-order valence-electron chi connectivity index (χ4n) is 9.75. The number of carbonyl (C=O) groups excluding carboxylic acids is 4. The first-order valence-electron chi connectivity index (χ1n) is 14.8. The summed E-state index contributed by atoms with van der Waals surface area (Å²) in [5.41, 5.74) is -6.09. The molecule has 9 nitrogen and oxygen atoms in total. The Kier molecular flexibility index (Phi) is 7.64. The van der Waals surface area contributed by atoms with E-state index in [0.717, 1.165) is 5.57 Å². The third kappa shape index (κ3) is 4.40. The number of fused-ring (bicyclic) bond motifs is 5. The van der Waals surface area contributed by atoms with Gasteiger partial charge >= 0.3 is 5.97 Å². The molecule has 9 heteroatoms. The van der Waals surface area contributed by atoms with Crippen molar-refractivity contribution in [3.05, 3.63) is 11.6 Å². The molecule has 3 saturated carbocycles. The molecular weight excluding hydrogens is 528 g/mol. The summed E-state index contributed by atoms with van der Waals surface area (Å²) in [7, 11) is 0. The van der Waals surface area contributed by atoms with Crippen molar-refractivity contribution in [2.45, 2.75) is 117 Å². The van der Waals surface area contributed by atoms with Crippen LogP contribution >= 0.6 is 0 Å². The maximum atomic E-state index is 14.4. The maximum absolute atomic E-state index is 14.4. The first-order chi connectivity index (χ1) is 18.6. The lowest BCUT2D eigenvalue weighted by Gasteiger charge is -2.64. The molecule has 0 unspecified atom stereocenters. The summed E-state index contributed by atoms with van der Waals surface area (Å²) in [6.45, 7) is 13.0. The molecule has 0 heterocycles. The van der Waals surface area contributed by atoms with E-state index in [-0.39, 0.29) is 43.7 Å². The van der Waals surface area contributed by atoms with Crippen LogP contribution in [0.3, 0.4) is 0 Å². The average molecular weight is 577 g/mol. The normalized spacial score (nSPS) is 41.5. The van der Waals surface area contributed by atoms with Gasteiger partial charge in [0.15, 0.2) is 11.6 Å². The molecule has 3 fully saturated rings. The van der Waals surface area contributed by atoms with Crippen LogP contribution in [0, 0.1) is 39.4 Å². The number of carbonyl (C=O) groups is 4. The smallest absolute Gasteiger partial charge is 0.303 e. The van der Waals surface area contributed by atoms with Gasteiger partial charge in [-0.15, -0.1) is 0 Å². The van der Waals surface area contributed by atoms with E-state index >= 15 is 0 Å². The van der Waals surface area contributed by atoms with Gasteiger partial charge in [-0.05, 0) is 83.0 Å². The van der Waals surface area contributed by atoms with E-state index in [9.17, 15) is 39.6 Å². The molecular formula is C32H48O9. The molecule has 0 aliphatic heterocycles. The minimum absolute atomic E-state index is 0.0456. The lowest BCUT2D eigenvalue weighted by Crippen LogP contribution is -2.67. The summed E-state index contributed by atoms with van der Waals surface area (Å²) >= 11 is 0. The average Bonchev–Trinajstić information content (AvgIpc) is 3.05. The van der Waals surface area contributed by atoms with E-state index in [2.05, 4.69) is 0 Å². The molecule has 0 aromatic heterocycles. The Balaban J connectivity index is 1.74. The third-order valence-electron chi connectivity index (χ3n) is 11.9. The Hall–Kier alpha value is -1.94. The molecule has 0 spiro atoms. The molecule has 4 rings (SSSR count). The molecule has 0 bridgehead atoms. The van der Waals surface area contributed by atoms with E-state index in [1.165, 1.54) is 13.8 Å². The van der Waals surface area contributed by atoms with Crippen molar-refractivity contribution in [3.8, 4) is 0 Å². The Morgan fingerprint density at radius 2 is 1.68 bits per heavy atom. The van der Waals surface area contributed by atoms with Crippen molar-refractivity contribution < 1.29 is 44.3 Å². The predicted octanol–water partition coefficient (Wildman–Crippen LogP) is 2.70. The fourth-order valence-corrected chi connectivity index (χ4v) is 9.75. The molecule has 0 aromatic rings. The number of rotatable bonds is 7. The van der Waals surface area contributed by atoms with Crippen LogP contribution in [0.2, 0.25) is 0 Å². The zero-order valence-corrected chi connectivity index (χ0v) is 25.7. The van der Waals surface area contributed by atoms with Crippen molar-refractivity contribution in [2.24, 2.45) is 39.4 Å². The van der Waals surface area contributed by atoms with Crippen LogP contribution in [-0.2, 0) is 23.9 Å². The Labute approximate surface area is 242 Å². The van der Waals surface area contributed by atoms with Gasteiger partial charge in [-0.3, -0.25) is 19.2 Å². The zero-order chi connectivity index (χ0) is 31.1. The van der Waals surface area contributed by atoms with E-state index in [1.807, 2.05) is 19.9 Å². The SMILES string of the molecule is CC(=O)OC(C)(C)CCC(=O)[C@](C)(O)[C@H]1[C@H](O)C[C@@]2(C)[C@@H]3CC=C4[C@@H](C[C@H](O)C(=O)C4(C)C)[C@]3(CO)C(=O)C[C@]12C. The monoisotopic (exact) mass is 576 g/mol.